The highest BCUT2D eigenvalue weighted by molar-refractivity contribution is 6.27. The number of aliphatic carboxylic acids is 2. The van der Waals surface area contributed by atoms with Crippen molar-refractivity contribution >= 4 is 11.9 Å². The van der Waals surface area contributed by atoms with Gasteiger partial charge in [0.15, 0.2) is 0 Å². The molecule has 0 rings (SSSR count). The van der Waals surface area contributed by atoms with Gasteiger partial charge in [-0.3, -0.25) is 0 Å². The lowest BCUT2D eigenvalue weighted by molar-refractivity contribution is -0.159. The highest BCUT2D eigenvalue weighted by Crippen LogP contribution is 2.13. The lowest BCUT2D eigenvalue weighted by Crippen LogP contribution is -2.09. The minimum Gasteiger partial charge on any atom is -0.473 e. The van der Waals surface area contributed by atoms with Crippen LogP contribution in [0.2, 0.25) is 0 Å². The van der Waals surface area contributed by atoms with Crippen LogP contribution in [-0.2, 0) is 9.59 Å². The number of rotatable bonds is 16. The number of carboxylic acid groups (broad SMARTS) is 2. The molecule has 0 heterocycles. The normalized spacial score (nSPS) is 10.2. The molecular formula is C20H41NO4. The van der Waals surface area contributed by atoms with Gasteiger partial charge < -0.3 is 15.9 Å². The highest BCUT2D eigenvalue weighted by Gasteiger charge is 2.04. The number of carbonyl (C=O) groups is 2. The van der Waals surface area contributed by atoms with Gasteiger partial charge in [-0.15, -0.1) is 0 Å². The molecule has 5 nitrogen and oxygen atoms in total. The maximum Gasteiger partial charge on any atom is 0.414 e. The van der Waals surface area contributed by atoms with Crippen LogP contribution in [0.15, 0.2) is 0 Å². The van der Waals surface area contributed by atoms with Crippen molar-refractivity contribution in [1.29, 1.82) is 0 Å². The fourth-order valence-corrected chi connectivity index (χ4v) is 2.69. The third-order valence-electron chi connectivity index (χ3n) is 4.24. The fraction of sp³-hybridized carbons (Fsp3) is 0.900. The molecule has 0 unspecified atom stereocenters. The molecule has 0 bridgehead atoms. The van der Waals surface area contributed by atoms with Gasteiger partial charge in [0.1, 0.15) is 0 Å². The lowest BCUT2D eigenvalue weighted by Gasteiger charge is -2.03. The highest BCUT2D eigenvalue weighted by atomic mass is 16.4. The first kappa shape index (κ1) is 26.1. The zero-order valence-electron chi connectivity index (χ0n) is 16.3. The molecule has 0 spiro atoms. The minimum atomic E-state index is -1.82. The van der Waals surface area contributed by atoms with Crippen molar-refractivity contribution in [2.75, 3.05) is 6.54 Å². The molecule has 0 aromatic carbocycles. The SMILES string of the molecule is CCCCCCCCCCCCCCCCCCN.O=C(O)C(=O)O. The predicted octanol–water partition coefficient (Wildman–Crippen LogP) is 5.36. The summed E-state index contributed by atoms with van der Waals surface area (Å²) in [4.78, 5) is 18.2. The Morgan fingerprint density at radius 3 is 1.00 bits per heavy atom. The number of nitrogens with two attached hydrogens (primary N) is 1. The lowest BCUT2D eigenvalue weighted by atomic mass is 10.0. The first-order valence-corrected chi connectivity index (χ1v) is 10.2. The summed E-state index contributed by atoms with van der Waals surface area (Å²) in [7, 11) is 0. The van der Waals surface area contributed by atoms with Crippen LogP contribution < -0.4 is 5.73 Å². The topological polar surface area (TPSA) is 101 Å². The van der Waals surface area contributed by atoms with Crippen molar-refractivity contribution < 1.29 is 19.8 Å². The van der Waals surface area contributed by atoms with Gasteiger partial charge in [-0.1, -0.05) is 103 Å². The summed E-state index contributed by atoms with van der Waals surface area (Å²) in [6.07, 6.45) is 22.9. The van der Waals surface area contributed by atoms with Gasteiger partial charge in [-0.25, -0.2) is 9.59 Å². The average Bonchev–Trinajstić information content (AvgIpc) is 2.59. The van der Waals surface area contributed by atoms with Gasteiger partial charge >= 0.3 is 11.9 Å². The standard InChI is InChI=1S/C18H39N.C2H2O4/c1-2-3-4-5-6-7-8-9-10-11-12-13-14-15-16-17-18-19;3-1(4)2(5)6/h2-19H2,1H3;(H,3,4)(H,5,6). The monoisotopic (exact) mass is 359 g/mol. The summed E-state index contributed by atoms with van der Waals surface area (Å²) in [6, 6.07) is 0. The number of carboxylic acids is 2. The van der Waals surface area contributed by atoms with Crippen LogP contribution in [0.5, 0.6) is 0 Å². The van der Waals surface area contributed by atoms with E-state index in [1.165, 1.54) is 103 Å². The maximum atomic E-state index is 9.10. The second-order valence-electron chi connectivity index (χ2n) is 6.70. The van der Waals surface area contributed by atoms with Crippen molar-refractivity contribution in [3.05, 3.63) is 0 Å². The summed E-state index contributed by atoms with van der Waals surface area (Å²) in [6.45, 7) is 3.16. The molecule has 4 N–H and O–H groups in total. The van der Waals surface area contributed by atoms with E-state index in [0.717, 1.165) is 6.54 Å². The Balaban J connectivity index is 0. The third-order valence-corrected chi connectivity index (χ3v) is 4.24. The summed E-state index contributed by atoms with van der Waals surface area (Å²) < 4.78 is 0. The molecule has 5 heteroatoms. The molecule has 150 valence electrons. The molecule has 25 heavy (non-hydrogen) atoms. The molecular weight excluding hydrogens is 318 g/mol. The largest absolute Gasteiger partial charge is 0.473 e. The van der Waals surface area contributed by atoms with Crippen molar-refractivity contribution in [3.63, 3.8) is 0 Å². The molecule has 0 fully saturated rings. The van der Waals surface area contributed by atoms with Gasteiger partial charge in [0.05, 0.1) is 0 Å². The Labute approximate surface area is 154 Å². The van der Waals surface area contributed by atoms with Crippen molar-refractivity contribution in [3.8, 4) is 0 Å². The second-order valence-corrected chi connectivity index (χ2v) is 6.70. The van der Waals surface area contributed by atoms with Crippen LogP contribution >= 0.6 is 0 Å². The maximum absolute atomic E-state index is 9.10. The van der Waals surface area contributed by atoms with Gasteiger partial charge in [0, 0.05) is 0 Å². The summed E-state index contributed by atoms with van der Waals surface area (Å²) in [5, 5.41) is 14.8. The average molecular weight is 360 g/mol. The van der Waals surface area contributed by atoms with E-state index in [-0.39, 0.29) is 0 Å². The molecule has 0 saturated carbocycles. The van der Waals surface area contributed by atoms with Crippen LogP contribution in [0.1, 0.15) is 110 Å². The molecule has 0 aromatic heterocycles. The van der Waals surface area contributed by atoms with E-state index in [0.29, 0.717) is 0 Å². The van der Waals surface area contributed by atoms with Crippen LogP contribution in [0.3, 0.4) is 0 Å². The van der Waals surface area contributed by atoms with Gasteiger partial charge in [0.2, 0.25) is 0 Å². The molecule has 0 aliphatic carbocycles. The molecule has 0 radical (unpaired) electrons. The van der Waals surface area contributed by atoms with Crippen molar-refractivity contribution in [2.24, 2.45) is 5.73 Å². The molecule has 0 saturated heterocycles. The summed E-state index contributed by atoms with van der Waals surface area (Å²) in [5.41, 5.74) is 5.48. The van der Waals surface area contributed by atoms with Crippen molar-refractivity contribution in [2.45, 2.75) is 110 Å². The third kappa shape index (κ3) is 28.0. The molecule has 0 atom stereocenters. The quantitative estimate of drug-likeness (QED) is 0.254. The van der Waals surface area contributed by atoms with E-state index in [4.69, 9.17) is 25.5 Å². The summed E-state index contributed by atoms with van der Waals surface area (Å²) in [5.74, 6) is -3.65. The smallest absolute Gasteiger partial charge is 0.414 e. The van der Waals surface area contributed by atoms with E-state index in [9.17, 15) is 0 Å². The zero-order chi connectivity index (χ0) is 19.2. The Kier molecular flexibility index (Phi) is 23.9. The number of hydrogen-bond donors (Lipinski definition) is 3. The van der Waals surface area contributed by atoms with Gasteiger partial charge in [-0.05, 0) is 13.0 Å². The minimum absolute atomic E-state index is 0.873. The van der Waals surface area contributed by atoms with Crippen LogP contribution in [-0.4, -0.2) is 28.7 Å². The number of unbranched alkanes of at least 4 members (excludes halogenated alkanes) is 15. The van der Waals surface area contributed by atoms with E-state index < -0.39 is 11.9 Å². The molecule has 0 aliphatic rings. The predicted molar refractivity (Wildman–Crippen MR) is 104 cm³/mol. The van der Waals surface area contributed by atoms with E-state index >= 15 is 0 Å². The van der Waals surface area contributed by atoms with Crippen LogP contribution in [0.25, 0.3) is 0 Å². The first-order chi connectivity index (χ1) is 12.1. The summed E-state index contributed by atoms with van der Waals surface area (Å²) >= 11 is 0. The Bertz CT molecular complexity index is 267. The molecule has 0 aliphatic heterocycles. The van der Waals surface area contributed by atoms with E-state index in [2.05, 4.69) is 6.92 Å². The van der Waals surface area contributed by atoms with Gasteiger partial charge in [0.25, 0.3) is 0 Å². The van der Waals surface area contributed by atoms with E-state index in [1.54, 1.807) is 0 Å². The fourth-order valence-electron chi connectivity index (χ4n) is 2.69. The second kappa shape index (κ2) is 22.9. The van der Waals surface area contributed by atoms with Crippen molar-refractivity contribution in [1.82, 2.24) is 0 Å². The Morgan fingerprint density at radius 2 is 0.800 bits per heavy atom. The zero-order valence-corrected chi connectivity index (χ0v) is 16.3. The van der Waals surface area contributed by atoms with E-state index in [1.807, 2.05) is 0 Å². The number of hydrogen-bond acceptors (Lipinski definition) is 3. The van der Waals surface area contributed by atoms with Crippen LogP contribution in [0, 0.1) is 0 Å². The van der Waals surface area contributed by atoms with Crippen LogP contribution in [0.4, 0.5) is 0 Å². The Morgan fingerprint density at radius 1 is 0.560 bits per heavy atom. The Hall–Kier alpha value is -1.10. The van der Waals surface area contributed by atoms with Gasteiger partial charge in [-0.2, -0.15) is 0 Å². The molecule has 0 amide bonds. The molecule has 0 aromatic rings. The first-order valence-electron chi connectivity index (χ1n) is 10.2.